The summed E-state index contributed by atoms with van der Waals surface area (Å²) in [6, 6.07) is -0.577. The lowest BCUT2D eigenvalue weighted by atomic mass is 10.2. The van der Waals surface area contributed by atoms with Crippen molar-refractivity contribution in [3.63, 3.8) is 0 Å². The van der Waals surface area contributed by atoms with E-state index in [1.807, 2.05) is 12.3 Å². The Bertz CT molecular complexity index is 309. The van der Waals surface area contributed by atoms with Gasteiger partial charge in [-0.2, -0.15) is 13.2 Å². The van der Waals surface area contributed by atoms with Gasteiger partial charge in [0.15, 0.2) is 0 Å². The van der Waals surface area contributed by atoms with Crippen LogP contribution in [0.2, 0.25) is 0 Å². The van der Waals surface area contributed by atoms with Crippen molar-refractivity contribution in [3.8, 4) is 0 Å². The van der Waals surface area contributed by atoms with Crippen molar-refractivity contribution in [1.82, 2.24) is 10.3 Å². The number of rotatable bonds is 4. The van der Waals surface area contributed by atoms with Crippen LogP contribution < -0.4 is 5.32 Å². The van der Waals surface area contributed by atoms with Gasteiger partial charge >= 0.3 is 6.18 Å². The third-order valence-electron chi connectivity index (χ3n) is 1.84. The Hall–Kier alpha value is -0.620. The molecule has 1 aromatic rings. The molecule has 6 heteroatoms. The Labute approximate surface area is 90.5 Å². The lowest BCUT2D eigenvalue weighted by Gasteiger charge is -2.14. The second-order valence-corrected chi connectivity index (χ2v) is 4.52. The average Bonchev–Trinajstić information content (AvgIpc) is 2.45. The molecule has 0 saturated carbocycles. The van der Waals surface area contributed by atoms with Gasteiger partial charge in [-0.05, 0) is 13.8 Å². The first-order valence-electron chi connectivity index (χ1n) is 4.58. The van der Waals surface area contributed by atoms with Crippen molar-refractivity contribution >= 4 is 11.3 Å². The fourth-order valence-electron chi connectivity index (χ4n) is 1.19. The first kappa shape index (κ1) is 12.4. The predicted molar refractivity (Wildman–Crippen MR) is 53.8 cm³/mol. The highest BCUT2D eigenvalue weighted by atomic mass is 32.1. The minimum absolute atomic E-state index is 0.390. The standard InChI is InChI=1S/C9H13F3N2S/c1-6(3-9(10,11)12)13-4-8-5-15-7(2)14-8/h5-6,13H,3-4H2,1-2H3. The molecule has 1 atom stereocenters. The fraction of sp³-hybridized carbons (Fsp3) is 0.667. The number of hydrogen-bond donors (Lipinski definition) is 1. The number of hydrogen-bond acceptors (Lipinski definition) is 3. The molecule has 1 heterocycles. The first-order valence-corrected chi connectivity index (χ1v) is 5.46. The van der Waals surface area contributed by atoms with Gasteiger partial charge in [0.25, 0.3) is 0 Å². The Morgan fingerprint density at radius 1 is 1.53 bits per heavy atom. The van der Waals surface area contributed by atoms with Gasteiger partial charge in [0, 0.05) is 18.0 Å². The highest BCUT2D eigenvalue weighted by Gasteiger charge is 2.29. The molecule has 1 unspecified atom stereocenters. The number of aryl methyl sites for hydroxylation is 1. The molecule has 1 aromatic heterocycles. The Kier molecular flexibility index (Phi) is 4.10. The van der Waals surface area contributed by atoms with Crippen molar-refractivity contribution in [3.05, 3.63) is 16.1 Å². The van der Waals surface area contributed by atoms with E-state index in [1.165, 1.54) is 18.3 Å². The summed E-state index contributed by atoms with van der Waals surface area (Å²) in [6.07, 6.45) is -4.92. The van der Waals surface area contributed by atoms with Crippen molar-refractivity contribution in [1.29, 1.82) is 0 Å². The van der Waals surface area contributed by atoms with Crippen LogP contribution in [0.25, 0.3) is 0 Å². The van der Waals surface area contributed by atoms with E-state index in [4.69, 9.17) is 0 Å². The fourth-order valence-corrected chi connectivity index (χ4v) is 1.80. The van der Waals surface area contributed by atoms with E-state index < -0.39 is 18.6 Å². The molecule has 0 aliphatic carbocycles. The van der Waals surface area contributed by atoms with E-state index >= 15 is 0 Å². The second kappa shape index (κ2) is 4.94. The largest absolute Gasteiger partial charge is 0.390 e. The number of thiazole rings is 1. The molecule has 2 nitrogen and oxygen atoms in total. The number of nitrogens with zero attached hydrogens (tertiary/aromatic N) is 1. The van der Waals surface area contributed by atoms with Crippen LogP contribution in [-0.4, -0.2) is 17.2 Å². The van der Waals surface area contributed by atoms with Crippen LogP contribution in [0.4, 0.5) is 13.2 Å². The molecule has 0 spiro atoms. The SMILES string of the molecule is Cc1nc(CNC(C)CC(F)(F)F)cs1. The van der Waals surface area contributed by atoms with Gasteiger partial charge in [0.05, 0.1) is 17.1 Å². The zero-order valence-electron chi connectivity index (χ0n) is 8.56. The molecule has 86 valence electrons. The van der Waals surface area contributed by atoms with Gasteiger partial charge in [0.2, 0.25) is 0 Å². The number of nitrogens with one attached hydrogen (secondary N) is 1. The summed E-state index contributed by atoms with van der Waals surface area (Å²) in [5, 5.41) is 5.57. The van der Waals surface area contributed by atoms with Crippen molar-refractivity contribution in [2.24, 2.45) is 0 Å². The molecule has 0 aliphatic rings. The lowest BCUT2D eigenvalue weighted by Crippen LogP contribution is -2.30. The summed E-state index contributed by atoms with van der Waals surface area (Å²) in [6.45, 7) is 3.78. The molecule has 15 heavy (non-hydrogen) atoms. The highest BCUT2D eigenvalue weighted by molar-refractivity contribution is 7.09. The van der Waals surface area contributed by atoms with Gasteiger partial charge in [-0.25, -0.2) is 4.98 Å². The lowest BCUT2D eigenvalue weighted by molar-refractivity contribution is -0.139. The van der Waals surface area contributed by atoms with Gasteiger partial charge in [-0.15, -0.1) is 11.3 Å². The Morgan fingerprint density at radius 2 is 2.20 bits per heavy atom. The number of halogens is 3. The van der Waals surface area contributed by atoms with Crippen molar-refractivity contribution < 1.29 is 13.2 Å². The zero-order chi connectivity index (χ0) is 11.5. The number of aromatic nitrogens is 1. The molecular weight excluding hydrogens is 225 g/mol. The normalized spacial score (nSPS) is 14.2. The maximum absolute atomic E-state index is 12.0. The summed E-state index contributed by atoms with van der Waals surface area (Å²) < 4.78 is 35.9. The molecular formula is C9H13F3N2S. The molecule has 0 aromatic carbocycles. The summed E-state index contributed by atoms with van der Waals surface area (Å²) in [7, 11) is 0. The van der Waals surface area contributed by atoms with Gasteiger partial charge in [-0.1, -0.05) is 0 Å². The molecule has 0 aliphatic heterocycles. The Morgan fingerprint density at radius 3 is 2.67 bits per heavy atom. The zero-order valence-corrected chi connectivity index (χ0v) is 9.37. The molecule has 0 amide bonds. The van der Waals surface area contributed by atoms with Gasteiger partial charge < -0.3 is 5.32 Å². The highest BCUT2D eigenvalue weighted by Crippen LogP contribution is 2.21. The van der Waals surface area contributed by atoms with Gasteiger partial charge in [-0.3, -0.25) is 0 Å². The van der Waals surface area contributed by atoms with E-state index in [-0.39, 0.29) is 0 Å². The van der Waals surface area contributed by atoms with Crippen LogP contribution in [-0.2, 0) is 6.54 Å². The van der Waals surface area contributed by atoms with E-state index in [1.54, 1.807) is 0 Å². The van der Waals surface area contributed by atoms with E-state index in [9.17, 15) is 13.2 Å². The molecule has 0 radical (unpaired) electrons. The van der Waals surface area contributed by atoms with Crippen LogP contribution in [0.3, 0.4) is 0 Å². The summed E-state index contributed by atoms with van der Waals surface area (Å²) in [5.74, 6) is 0. The maximum atomic E-state index is 12.0. The summed E-state index contributed by atoms with van der Waals surface area (Å²) >= 11 is 1.50. The Balaban J connectivity index is 2.31. The molecule has 1 N–H and O–H groups in total. The maximum Gasteiger partial charge on any atom is 0.390 e. The summed E-state index contributed by atoms with van der Waals surface area (Å²) in [5.41, 5.74) is 0.798. The molecule has 0 saturated heterocycles. The smallest absolute Gasteiger partial charge is 0.308 e. The van der Waals surface area contributed by atoms with Crippen LogP contribution in [0.15, 0.2) is 5.38 Å². The van der Waals surface area contributed by atoms with E-state index in [2.05, 4.69) is 10.3 Å². The average molecular weight is 238 g/mol. The van der Waals surface area contributed by atoms with Crippen LogP contribution in [0.1, 0.15) is 24.0 Å². The monoisotopic (exact) mass is 238 g/mol. The molecule has 0 bridgehead atoms. The van der Waals surface area contributed by atoms with E-state index in [0.29, 0.717) is 6.54 Å². The van der Waals surface area contributed by atoms with E-state index in [0.717, 1.165) is 10.7 Å². The third-order valence-corrected chi connectivity index (χ3v) is 2.66. The second-order valence-electron chi connectivity index (χ2n) is 3.46. The number of alkyl halides is 3. The van der Waals surface area contributed by atoms with Crippen LogP contribution in [0.5, 0.6) is 0 Å². The molecule has 0 fully saturated rings. The predicted octanol–water partition coefficient (Wildman–Crippen LogP) is 2.88. The van der Waals surface area contributed by atoms with Crippen LogP contribution >= 0.6 is 11.3 Å². The first-order chi connectivity index (χ1) is 6.87. The topological polar surface area (TPSA) is 24.9 Å². The van der Waals surface area contributed by atoms with Crippen LogP contribution in [0, 0.1) is 6.92 Å². The third kappa shape index (κ3) is 5.13. The quantitative estimate of drug-likeness (QED) is 0.872. The minimum Gasteiger partial charge on any atom is -0.308 e. The molecule has 1 rings (SSSR count). The minimum atomic E-state index is -4.11. The van der Waals surface area contributed by atoms with Crippen molar-refractivity contribution in [2.75, 3.05) is 0 Å². The summed E-state index contributed by atoms with van der Waals surface area (Å²) in [4.78, 5) is 4.15. The van der Waals surface area contributed by atoms with Gasteiger partial charge in [0.1, 0.15) is 0 Å². The van der Waals surface area contributed by atoms with Crippen molar-refractivity contribution in [2.45, 2.75) is 39.0 Å².